The van der Waals surface area contributed by atoms with E-state index in [4.69, 9.17) is 10.2 Å². The number of hydrogen-bond donors (Lipinski definition) is 2. The fraction of sp³-hybridized carbons (Fsp3) is 0.118. The summed E-state index contributed by atoms with van der Waals surface area (Å²) in [4.78, 5) is 0. The Bertz CT molecular complexity index is 1040. The summed E-state index contributed by atoms with van der Waals surface area (Å²) < 4.78 is 32.0. The van der Waals surface area contributed by atoms with Crippen LogP contribution in [-0.4, -0.2) is 20.4 Å². The Morgan fingerprint density at radius 2 is 1.80 bits per heavy atom. The third-order valence-corrected chi connectivity index (χ3v) is 3.86. The van der Waals surface area contributed by atoms with Gasteiger partial charge in [-0.25, -0.2) is 8.78 Å². The summed E-state index contributed by atoms with van der Waals surface area (Å²) in [5, 5.41) is 15.5. The molecule has 2 aromatic heterocycles. The number of rotatable bonds is 4. The first-order valence-electron chi connectivity index (χ1n) is 7.60. The maximum atomic E-state index is 13.2. The van der Waals surface area contributed by atoms with Crippen LogP contribution in [0, 0.1) is 11.6 Å². The molecule has 0 spiro atoms. The van der Waals surface area contributed by atoms with Crippen LogP contribution in [0.3, 0.4) is 0 Å². The molecule has 8 heteroatoms. The number of aromatic amines is 1. The molecule has 0 aliphatic heterocycles. The summed E-state index contributed by atoms with van der Waals surface area (Å²) >= 11 is 0. The van der Waals surface area contributed by atoms with E-state index in [0.717, 1.165) is 22.5 Å². The Labute approximate surface area is 140 Å². The predicted molar refractivity (Wildman–Crippen MR) is 87.6 cm³/mol. The summed E-state index contributed by atoms with van der Waals surface area (Å²) in [6.45, 7) is 0. The van der Waals surface area contributed by atoms with Crippen LogP contribution in [0.2, 0.25) is 0 Å². The fourth-order valence-electron chi connectivity index (χ4n) is 2.65. The number of nitrogens with one attached hydrogen (secondary N) is 1. The van der Waals surface area contributed by atoms with Crippen LogP contribution in [0.5, 0.6) is 0 Å². The lowest BCUT2D eigenvalue weighted by atomic mass is 10.1. The standard InChI is InChI=1S/C17H13F2N5O/c18-11-5-9(6-12(19)8-11)1-4-15-22-24-17(25-15)10-2-3-14-13(7-10)16(20)23-21-14/h2-3,5-8H,1,4H2,(H3,20,21,23). The number of nitrogens with two attached hydrogens (primary N) is 1. The number of hydrogen-bond acceptors (Lipinski definition) is 5. The zero-order chi connectivity index (χ0) is 17.4. The zero-order valence-electron chi connectivity index (χ0n) is 13.0. The van der Waals surface area contributed by atoms with Crippen LogP contribution in [-0.2, 0) is 12.8 Å². The highest BCUT2D eigenvalue weighted by Crippen LogP contribution is 2.25. The van der Waals surface area contributed by atoms with Crippen molar-refractivity contribution in [1.29, 1.82) is 0 Å². The molecular formula is C17H13F2N5O. The van der Waals surface area contributed by atoms with Crippen molar-refractivity contribution in [3.63, 3.8) is 0 Å². The quantitative estimate of drug-likeness (QED) is 0.594. The summed E-state index contributed by atoms with van der Waals surface area (Å²) in [5.41, 5.74) is 7.86. The molecule has 0 amide bonds. The van der Waals surface area contributed by atoms with Gasteiger partial charge in [-0.3, -0.25) is 5.10 Å². The molecule has 2 heterocycles. The van der Waals surface area contributed by atoms with E-state index in [1.54, 1.807) is 0 Å². The van der Waals surface area contributed by atoms with Crippen molar-refractivity contribution in [3.8, 4) is 11.5 Å². The van der Waals surface area contributed by atoms with Crippen LogP contribution in [0.25, 0.3) is 22.4 Å². The minimum atomic E-state index is -0.604. The topological polar surface area (TPSA) is 93.6 Å². The van der Waals surface area contributed by atoms with E-state index >= 15 is 0 Å². The fourth-order valence-corrected chi connectivity index (χ4v) is 2.65. The largest absolute Gasteiger partial charge is 0.421 e. The lowest BCUT2D eigenvalue weighted by molar-refractivity contribution is 0.503. The van der Waals surface area contributed by atoms with Gasteiger partial charge in [-0.2, -0.15) is 5.10 Å². The molecule has 0 aliphatic carbocycles. The monoisotopic (exact) mass is 341 g/mol. The average Bonchev–Trinajstić information content (AvgIpc) is 3.19. The van der Waals surface area contributed by atoms with Gasteiger partial charge in [0, 0.05) is 23.4 Å². The van der Waals surface area contributed by atoms with Gasteiger partial charge in [0.2, 0.25) is 11.8 Å². The molecule has 0 bridgehead atoms. The maximum absolute atomic E-state index is 13.2. The molecule has 0 atom stereocenters. The van der Waals surface area contributed by atoms with Crippen LogP contribution in [0.15, 0.2) is 40.8 Å². The minimum absolute atomic E-state index is 0.350. The molecule has 6 nitrogen and oxygen atoms in total. The molecule has 4 rings (SSSR count). The molecular weight excluding hydrogens is 328 g/mol. The Hall–Kier alpha value is -3.29. The molecule has 126 valence electrons. The second-order valence-corrected chi connectivity index (χ2v) is 5.65. The van der Waals surface area contributed by atoms with E-state index in [0.29, 0.717) is 36.0 Å². The van der Waals surface area contributed by atoms with Gasteiger partial charge in [0.1, 0.15) is 11.6 Å². The molecule has 0 radical (unpaired) electrons. The number of nitrogens with zero attached hydrogens (tertiary/aromatic N) is 3. The van der Waals surface area contributed by atoms with Crippen molar-refractivity contribution in [2.75, 3.05) is 5.73 Å². The highest BCUT2D eigenvalue weighted by Gasteiger charge is 2.12. The smallest absolute Gasteiger partial charge is 0.247 e. The number of aryl methyl sites for hydroxylation is 2. The normalized spacial score (nSPS) is 11.3. The van der Waals surface area contributed by atoms with Gasteiger partial charge in [-0.15, -0.1) is 10.2 Å². The van der Waals surface area contributed by atoms with Gasteiger partial charge < -0.3 is 10.2 Å². The average molecular weight is 341 g/mol. The van der Waals surface area contributed by atoms with Gasteiger partial charge in [0.05, 0.1) is 5.52 Å². The van der Waals surface area contributed by atoms with Crippen LogP contribution < -0.4 is 5.73 Å². The van der Waals surface area contributed by atoms with Gasteiger partial charge in [-0.1, -0.05) is 0 Å². The van der Waals surface area contributed by atoms with Crippen molar-refractivity contribution >= 4 is 16.7 Å². The van der Waals surface area contributed by atoms with Crippen LogP contribution >= 0.6 is 0 Å². The molecule has 0 saturated heterocycles. The van der Waals surface area contributed by atoms with Crippen LogP contribution in [0.4, 0.5) is 14.6 Å². The lowest BCUT2D eigenvalue weighted by Gasteiger charge is -2.00. The number of nitrogen functional groups attached to an aromatic ring is 1. The first-order chi connectivity index (χ1) is 12.1. The Morgan fingerprint density at radius 3 is 2.60 bits per heavy atom. The SMILES string of the molecule is Nc1n[nH]c2ccc(-c3nnc(CCc4cc(F)cc(F)c4)o3)cc12. The van der Waals surface area contributed by atoms with E-state index in [2.05, 4.69) is 20.4 Å². The lowest BCUT2D eigenvalue weighted by Crippen LogP contribution is -1.94. The van der Waals surface area contributed by atoms with Crippen molar-refractivity contribution in [2.45, 2.75) is 12.8 Å². The predicted octanol–water partition coefficient (Wildman–Crippen LogP) is 3.26. The van der Waals surface area contributed by atoms with Gasteiger partial charge in [-0.05, 0) is 42.3 Å². The van der Waals surface area contributed by atoms with E-state index in [9.17, 15) is 8.78 Å². The molecule has 0 aliphatic rings. The Balaban J connectivity index is 1.53. The number of fused-ring (bicyclic) bond motifs is 1. The molecule has 3 N–H and O–H groups in total. The van der Waals surface area contributed by atoms with E-state index < -0.39 is 11.6 Å². The van der Waals surface area contributed by atoms with Crippen molar-refractivity contribution in [2.24, 2.45) is 0 Å². The third-order valence-electron chi connectivity index (χ3n) is 3.86. The molecule has 0 unspecified atom stereocenters. The number of benzene rings is 2. The van der Waals surface area contributed by atoms with E-state index in [-0.39, 0.29) is 0 Å². The molecule has 2 aromatic carbocycles. The van der Waals surface area contributed by atoms with Crippen LogP contribution in [0.1, 0.15) is 11.5 Å². The summed E-state index contributed by atoms with van der Waals surface area (Å²) in [6, 6.07) is 8.87. The minimum Gasteiger partial charge on any atom is -0.421 e. The molecule has 0 fully saturated rings. The highest BCUT2D eigenvalue weighted by molar-refractivity contribution is 5.91. The van der Waals surface area contributed by atoms with Gasteiger partial charge in [0.25, 0.3) is 0 Å². The maximum Gasteiger partial charge on any atom is 0.247 e. The zero-order valence-corrected chi connectivity index (χ0v) is 13.0. The number of aromatic nitrogens is 4. The van der Waals surface area contributed by atoms with Gasteiger partial charge >= 0.3 is 0 Å². The van der Waals surface area contributed by atoms with Crippen molar-refractivity contribution in [3.05, 3.63) is 59.5 Å². The number of anilines is 1. The molecule has 0 saturated carbocycles. The van der Waals surface area contributed by atoms with Crippen molar-refractivity contribution in [1.82, 2.24) is 20.4 Å². The Kier molecular flexibility index (Phi) is 3.64. The molecule has 25 heavy (non-hydrogen) atoms. The summed E-state index contributed by atoms with van der Waals surface area (Å²) in [7, 11) is 0. The molecule has 4 aromatic rings. The third kappa shape index (κ3) is 3.06. The first kappa shape index (κ1) is 15.3. The Morgan fingerprint density at radius 1 is 1.00 bits per heavy atom. The summed E-state index contributed by atoms with van der Waals surface area (Å²) in [5.74, 6) is -0.0768. The van der Waals surface area contributed by atoms with E-state index in [1.807, 2.05) is 18.2 Å². The second kappa shape index (κ2) is 5.97. The number of halogens is 2. The highest BCUT2D eigenvalue weighted by atomic mass is 19.1. The van der Waals surface area contributed by atoms with Gasteiger partial charge in [0.15, 0.2) is 5.82 Å². The number of H-pyrrole nitrogens is 1. The summed E-state index contributed by atoms with van der Waals surface area (Å²) in [6.07, 6.45) is 0.774. The second-order valence-electron chi connectivity index (χ2n) is 5.65. The van der Waals surface area contributed by atoms with Crippen molar-refractivity contribution < 1.29 is 13.2 Å². The first-order valence-corrected chi connectivity index (χ1v) is 7.60. The van der Waals surface area contributed by atoms with E-state index in [1.165, 1.54) is 12.1 Å².